The molecule has 0 heterocycles. The van der Waals surface area contributed by atoms with Gasteiger partial charge in [0, 0.05) is 18.6 Å². The number of methoxy groups -OCH3 is 2. The van der Waals surface area contributed by atoms with Crippen LogP contribution in [0.15, 0.2) is 0 Å². The van der Waals surface area contributed by atoms with Gasteiger partial charge in [-0.15, -0.1) is 0 Å². The summed E-state index contributed by atoms with van der Waals surface area (Å²) in [6.45, 7) is 0.742. The van der Waals surface area contributed by atoms with Crippen molar-refractivity contribution in [1.29, 1.82) is 0 Å². The van der Waals surface area contributed by atoms with Crippen LogP contribution in [0, 0.1) is 0 Å². The quantitative estimate of drug-likeness (QED) is 0.448. The summed E-state index contributed by atoms with van der Waals surface area (Å²) in [5.41, 5.74) is 0. The van der Waals surface area contributed by atoms with Crippen LogP contribution in [0.2, 0.25) is 0 Å². The van der Waals surface area contributed by atoms with Gasteiger partial charge in [-0.1, -0.05) is 0 Å². The number of ether oxygens (including phenoxy) is 2. The van der Waals surface area contributed by atoms with Crippen molar-refractivity contribution in [2.75, 3.05) is 32.3 Å². The van der Waals surface area contributed by atoms with Crippen LogP contribution < -0.4 is 0 Å². The molecule has 0 aliphatic heterocycles. The summed E-state index contributed by atoms with van der Waals surface area (Å²) in [5, 5.41) is 0. The molecule has 0 fully saturated rings. The van der Waals surface area contributed by atoms with Crippen LogP contribution in [0.4, 0.5) is 0 Å². The first kappa shape index (κ1) is 10.8. The molecule has 0 radical (unpaired) electrons. The molecule has 0 N–H and O–H groups in total. The Morgan fingerprint density at radius 2 is 2.09 bits per heavy atom. The van der Waals surface area contributed by atoms with Gasteiger partial charge in [-0.05, 0) is 0 Å². The minimum absolute atomic E-state index is 0.144. The lowest BCUT2D eigenvalue weighted by Crippen LogP contribution is -2.02. The first-order valence-electron chi connectivity index (χ1n) is 3.44. The van der Waals surface area contributed by atoms with Gasteiger partial charge in [0.2, 0.25) is 0 Å². The first-order valence-corrected chi connectivity index (χ1v) is 4.60. The Morgan fingerprint density at radius 3 is 2.64 bits per heavy atom. The molecular weight excluding hydrogens is 164 g/mol. The molecule has 0 saturated heterocycles. The van der Waals surface area contributed by atoms with Crippen LogP contribution in [0.25, 0.3) is 0 Å². The Bertz CT molecular complexity index is 106. The molecule has 0 saturated carbocycles. The Labute approximate surface area is 71.4 Å². The molecule has 0 aromatic carbocycles. The lowest BCUT2D eigenvalue weighted by Gasteiger charge is -1.99. The van der Waals surface area contributed by atoms with Crippen LogP contribution in [0.1, 0.15) is 6.42 Å². The van der Waals surface area contributed by atoms with Crippen LogP contribution in [0.5, 0.6) is 0 Å². The fourth-order valence-corrected chi connectivity index (χ4v) is 1.30. The van der Waals surface area contributed by atoms with Gasteiger partial charge in [0.1, 0.15) is 0 Å². The van der Waals surface area contributed by atoms with E-state index in [1.54, 1.807) is 18.9 Å². The number of hydrogen-bond donors (Lipinski definition) is 0. The zero-order valence-corrected chi connectivity index (χ0v) is 7.78. The number of thioether (sulfide) groups is 1. The minimum atomic E-state index is -0.144. The molecule has 0 aromatic rings. The van der Waals surface area contributed by atoms with Crippen LogP contribution in [-0.4, -0.2) is 38.3 Å². The van der Waals surface area contributed by atoms with Gasteiger partial charge >= 0.3 is 5.97 Å². The van der Waals surface area contributed by atoms with E-state index in [-0.39, 0.29) is 5.97 Å². The van der Waals surface area contributed by atoms with Gasteiger partial charge in [-0.25, -0.2) is 0 Å². The standard InChI is InChI=1S/C7H14O3S/c1-9-4-6-11-5-3-7(8)10-2/h3-6H2,1-2H3. The van der Waals surface area contributed by atoms with Gasteiger partial charge < -0.3 is 9.47 Å². The summed E-state index contributed by atoms with van der Waals surface area (Å²) in [4.78, 5) is 10.6. The summed E-state index contributed by atoms with van der Waals surface area (Å²) in [7, 11) is 3.07. The maximum absolute atomic E-state index is 10.6. The molecular formula is C7H14O3S. The van der Waals surface area contributed by atoms with E-state index < -0.39 is 0 Å². The van der Waals surface area contributed by atoms with Crippen molar-refractivity contribution in [1.82, 2.24) is 0 Å². The number of carbonyl (C=O) groups excluding carboxylic acids is 1. The van der Waals surface area contributed by atoms with E-state index in [9.17, 15) is 4.79 Å². The molecule has 0 amide bonds. The predicted octanol–water partition coefficient (Wildman–Crippen LogP) is 0.929. The highest BCUT2D eigenvalue weighted by atomic mass is 32.2. The normalized spacial score (nSPS) is 9.64. The number of rotatable bonds is 6. The Kier molecular flexibility index (Phi) is 7.72. The van der Waals surface area contributed by atoms with Crippen molar-refractivity contribution in [2.45, 2.75) is 6.42 Å². The van der Waals surface area contributed by atoms with Crippen molar-refractivity contribution in [3.63, 3.8) is 0 Å². The maximum atomic E-state index is 10.6. The maximum Gasteiger partial charge on any atom is 0.306 e. The highest BCUT2D eigenvalue weighted by Crippen LogP contribution is 2.02. The monoisotopic (exact) mass is 178 g/mol. The van der Waals surface area contributed by atoms with Gasteiger partial charge in [0.05, 0.1) is 20.1 Å². The average Bonchev–Trinajstić information content (AvgIpc) is 2.04. The fourth-order valence-electron chi connectivity index (χ4n) is 0.502. The van der Waals surface area contributed by atoms with Gasteiger partial charge in [-0.3, -0.25) is 4.79 Å². The fraction of sp³-hybridized carbons (Fsp3) is 0.857. The zero-order chi connectivity index (χ0) is 8.53. The predicted molar refractivity (Wildman–Crippen MR) is 45.8 cm³/mol. The lowest BCUT2D eigenvalue weighted by molar-refractivity contribution is -0.140. The van der Waals surface area contributed by atoms with E-state index in [0.29, 0.717) is 6.42 Å². The number of hydrogen-bond acceptors (Lipinski definition) is 4. The third-order valence-corrected chi connectivity index (χ3v) is 2.06. The average molecular weight is 178 g/mol. The summed E-state index contributed by atoms with van der Waals surface area (Å²) >= 11 is 1.70. The molecule has 0 aliphatic rings. The zero-order valence-electron chi connectivity index (χ0n) is 6.96. The Balaban J connectivity index is 2.95. The van der Waals surface area contributed by atoms with Gasteiger partial charge in [-0.2, -0.15) is 11.8 Å². The summed E-state index contributed by atoms with van der Waals surface area (Å²) < 4.78 is 9.31. The molecule has 0 rings (SSSR count). The van der Waals surface area contributed by atoms with E-state index in [1.807, 2.05) is 0 Å². The molecule has 11 heavy (non-hydrogen) atoms. The van der Waals surface area contributed by atoms with Crippen molar-refractivity contribution < 1.29 is 14.3 Å². The topological polar surface area (TPSA) is 35.5 Å². The molecule has 66 valence electrons. The Morgan fingerprint density at radius 1 is 1.36 bits per heavy atom. The van der Waals surface area contributed by atoms with E-state index in [1.165, 1.54) is 7.11 Å². The second kappa shape index (κ2) is 7.88. The van der Waals surface area contributed by atoms with E-state index >= 15 is 0 Å². The number of carbonyl (C=O) groups is 1. The van der Waals surface area contributed by atoms with Gasteiger partial charge in [0.25, 0.3) is 0 Å². The molecule has 0 bridgehead atoms. The molecule has 3 nitrogen and oxygen atoms in total. The van der Waals surface area contributed by atoms with Gasteiger partial charge in [0.15, 0.2) is 0 Å². The smallest absolute Gasteiger partial charge is 0.306 e. The first-order chi connectivity index (χ1) is 5.31. The van der Waals surface area contributed by atoms with E-state index in [2.05, 4.69) is 4.74 Å². The van der Waals surface area contributed by atoms with Crippen LogP contribution >= 0.6 is 11.8 Å². The number of esters is 1. The molecule has 0 spiro atoms. The van der Waals surface area contributed by atoms with E-state index in [0.717, 1.165) is 18.1 Å². The third kappa shape index (κ3) is 7.68. The Hall–Kier alpha value is -0.220. The summed E-state index contributed by atoms with van der Waals surface area (Å²) in [6, 6.07) is 0. The molecule has 4 heteroatoms. The lowest BCUT2D eigenvalue weighted by atomic mass is 10.5. The molecule has 0 unspecified atom stereocenters. The van der Waals surface area contributed by atoms with Crippen LogP contribution in [0.3, 0.4) is 0 Å². The second-order valence-corrected chi connectivity index (χ2v) is 3.16. The molecule has 0 atom stereocenters. The second-order valence-electron chi connectivity index (χ2n) is 1.93. The third-order valence-electron chi connectivity index (χ3n) is 1.11. The SMILES string of the molecule is COCCSCCC(=O)OC. The highest BCUT2D eigenvalue weighted by molar-refractivity contribution is 7.99. The van der Waals surface area contributed by atoms with E-state index in [4.69, 9.17) is 4.74 Å². The van der Waals surface area contributed by atoms with Crippen molar-refractivity contribution in [3.8, 4) is 0 Å². The van der Waals surface area contributed by atoms with Crippen LogP contribution in [-0.2, 0) is 14.3 Å². The summed E-state index contributed by atoms with van der Waals surface area (Å²) in [5.74, 6) is 1.61. The summed E-state index contributed by atoms with van der Waals surface area (Å²) in [6.07, 6.45) is 0.491. The molecule has 0 aliphatic carbocycles. The minimum Gasteiger partial charge on any atom is -0.469 e. The highest BCUT2D eigenvalue weighted by Gasteiger charge is 1.98. The van der Waals surface area contributed by atoms with Crippen molar-refractivity contribution in [3.05, 3.63) is 0 Å². The van der Waals surface area contributed by atoms with Crippen molar-refractivity contribution in [2.24, 2.45) is 0 Å². The van der Waals surface area contributed by atoms with Crippen molar-refractivity contribution >= 4 is 17.7 Å². The largest absolute Gasteiger partial charge is 0.469 e. The molecule has 0 aromatic heterocycles.